The first-order valence-corrected chi connectivity index (χ1v) is 4.71. The van der Waals surface area contributed by atoms with E-state index in [9.17, 15) is 4.79 Å². The fraction of sp³-hybridized carbons (Fsp3) is 0.400. The number of nitrogens with one attached hydrogen (secondary N) is 1. The zero-order chi connectivity index (χ0) is 10.2. The highest BCUT2D eigenvalue weighted by Crippen LogP contribution is 1.98. The Bertz CT molecular complexity index is 263. The van der Waals surface area contributed by atoms with Crippen molar-refractivity contribution in [1.82, 2.24) is 15.4 Å². The van der Waals surface area contributed by atoms with Gasteiger partial charge in [0.25, 0.3) is 0 Å². The summed E-state index contributed by atoms with van der Waals surface area (Å²) >= 11 is 0. The molecule has 0 aliphatic carbocycles. The number of carbonyl (C=O) groups excluding carboxylic acids is 1. The molecule has 1 rings (SSSR count). The van der Waals surface area contributed by atoms with Crippen LogP contribution in [0.25, 0.3) is 0 Å². The molecule has 14 heavy (non-hydrogen) atoms. The predicted molar refractivity (Wildman–Crippen MR) is 54.1 cm³/mol. The van der Waals surface area contributed by atoms with Gasteiger partial charge >= 0.3 is 0 Å². The summed E-state index contributed by atoms with van der Waals surface area (Å²) in [4.78, 5) is 14.6. The van der Waals surface area contributed by atoms with E-state index >= 15 is 0 Å². The molecule has 1 heterocycles. The third-order valence-electron chi connectivity index (χ3n) is 1.79. The third-order valence-corrected chi connectivity index (χ3v) is 1.79. The van der Waals surface area contributed by atoms with E-state index in [1.165, 1.54) is 0 Å². The van der Waals surface area contributed by atoms with Crippen molar-refractivity contribution in [3.8, 4) is 0 Å². The number of aromatic nitrogens is 1. The molecule has 0 saturated heterocycles. The van der Waals surface area contributed by atoms with Crippen LogP contribution in [0.3, 0.4) is 0 Å². The van der Waals surface area contributed by atoms with Crippen LogP contribution in [-0.4, -0.2) is 22.9 Å². The Morgan fingerprint density at radius 1 is 1.50 bits per heavy atom. The first kappa shape index (κ1) is 10.7. The minimum absolute atomic E-state index is 0.575. The third kappa shape index (κ3) is 3.53. The van der Waals surface area contributed by atoms with Gasteiger partial charge in [0.05, 0.1) is 6.54 Å². The predicted octanol–water partition coefficient (Wildman–Crippen LogP) is 0.955. The molecule has 0 atom stereocenters. The summed E-state index contributed by atoms with van der Waals surface area (Å²) in [5.74, 6) is 0. The smallest absolute Gasteiger partial charge is 0.224 e. The van der Waals surface area contributed by atoms with Gasteiger partial charge in [0.1, 0.15) is 0 Å². The van der Waals surface area contributed by atoms with E-state index in [2.05, 4.69) is 17.3 Å². The Kier molecular flexibility index (Phi) is 4.64. The Morgan fingerprint density at radius 2 is 2.21 bits per heavy atom. The largest absolute Gasteiger partial charge is 0.277 e. The van der Waals surface area contributed by atoms with Crippen molar-refractivity contribution in [3.05, 3.63) is 30.1 Å². The highest BCUT2D eigenvalue weighted by Gasteiger charge is 2.00. The second kappa shape index (κ2) is 6.10. The maximum Gasteiger partial charge on any atom is 0.224 e. The quantitative estimate of drug-likeness (QED) is 0.540. The lowest BCUT2D eigenvalue weighted by Crippen LogP contribution is -2.36. The molecule has 0 spiro atoms. The minimum Gasteiger partial charge on any atom is -0.277 e. The lowest BCUT2D eigenvalue weighted by Gasteiger charge is -2.17. The summed E-state index contributed by atoms with van der Waals surface area (Å²) in [5.41, 5.74) is 4.08. The van der Waals surface area contributed by atoms with Gasteiger partial charge in [-0.05, 0) is 24.1 Å². The molecule has 76 valence electrons. The normalized spacial score (nSPS) is 9.79. The monoisotopic (exact) mass is 193 g/mol. The van der Waals surface area contributed by atoms with Gasteiger partial charge in [-0.15, -0.1) is 0 Å². The average Bonchev–Trinajstić information content (AvgIpc) is 2.25. The Hall–Kier alpha value is -1.42. The summed E-state index contributed by atoms with van der Waals surface area (Å²) in [6, 6.07) is 3.79. The number of hydrogen-bond donors (Lipinski definition) is 1. The van der Waals surface area contributed by atoms with Crippen LogP contribution in [-0.2, 0) is 11.3 Å². The SMILES string of the molecule is CCCNN(C=O)Cc1ccncc1. The summed E-state index contributed by atoms with van der Waals surface area (Å²) in [6.07, 6.45) is 5.24. The van der Waals surface area contributed by atoms with Gasteiger partial charge in [-0.1, -0.05) is 6.92 Å². The van der Waals surface area contributed by atoms with Crippen LogP contribution in [0.15, 0.2) is 24.5 Å². The summed E-state index contributed by atoms with van der Waals surface area (Å²) in [5, 5.41) is 1.54. The molecule has 0 aliphatic rings. The summed E-state index contributed by atoms with van der Waals surface area (Å²) in [7, 11) is 0. The van der Waals surface area contributed by atoms with Gasteiger partial charge in [-0.25, -0.2) is 5.43 Å². The Balaban J connectivity index is 2.44. The lowest BCUT2D eigenvalue weighted by molar-refractivity contribution is -0.121. The molecule has 0 radical (unpaired) electrons. The number of pyridine rings is 1. The first-order valence-electron chi connectivity index (χ1n) is 4.71. The fourth-order valence-corrected chi connectivity index (χ4v) is 1.07. The molecular formula is C10H15N3O. The van der Waals surface area contributed by atoms with Gasteiger partial charge in [0.15, 0.2) is 0 Å². The minimum atomic E-state index is 0.575. The fourth-order valence-electron chi connectivity index (χ4n) is 1.07. The molecule has 1 N–H and O–H groups in total. The first-order chi connectivity index (χ1) is 6.86. The van der Waals surface area contributed by atoms with Gasteiger partial charge in [0.2, 0.25) is 6.41 Å². The van der Waals surface area contributed by atoms with Crippen molar-refractivity contribution < 1.29 is 4.79 Å². The molecule has 4 nitrogen and oxygen atoms in total. The standard InChI is InChI=1S/C10H15N3O/c1-2-5-12-13(9-14)8-10-3-6-11-7-4-10/h3-4,6-7,9,12H,2,5,8H2,1H3. The van der Waals surface area contributed by atoms with Crippen LogP contribution in [0.4, 0.5) is 0 Å². The number of hydrogen-bond acceptors (Lipinski definition) is 3. The number of nitrogens with zero attached hydrogens (tertiary/aromatic N) is 2. The van der Waals surface area contributed by atoms with Gasteiger partial charge < -0.3 is 0 Å². The molecule has 0 aliphatic heterocycles. The molecule has 0 fully saturated rings. The van der Waals surface area contributed by atoms with E-state index in [0.29, 0.717) is 6.54 Å². The number of carbonyl (C=O) groups is 1. The zero-order valence-corrected chi connectivity index (χ0v) is 8.31. The van der Waals surface area contributed by atoms with Crippen LogP contribution in [0, 0.1) is 0 Å². The number of rotatable bonds is 6. The van der Waals surface area contributed by atoms with Gasteiger partial charge in [0, 0.05) is 18.9 Å². The lowest BCUT2D eigenvalue weighted by atomic mass is 10.3. The average molecular weight is 193 g/mol. The maximum atomic E-state index is 10.7. The molecule has 0 unspecified atom stereocenters. The van der Waals surface area contributed by atoms with Crippen LogP contribution < -0.4 is 5.43 Å². The van der Waals surface area contributed by atoms with Gasteiger partial charge in [-0.3, -0.25) is 14.8 Å². The van der Waals surface area contributed by atoms with Crippen molar-refractivity contribution in [2.75, 3.05) is 6.54 Å². The number of amides is 1. The molecule has 1 aromatic heterocycles. The van der Waals surface area contributed by atoms with Crippen LogP contribution >= 0.6 is 0 Å². The summed E-state index contributed by atoms with van der Waals surface area (Å²) < 4.78 is 0. The molecule has 0 bridgehead atoms. The molecule has 1 amide bonds. The van der Waals surface area contributed by atoms with E-state index in [4.69, 9.17) is 0 Å². The Labute approximate surface area is 83.9 Å². The second-order valence-corrected chi connectivity index (χ2v) is 3.00. The highest BCUT2D eigenvalue weighted by atomic mass is 16.1. The molecule has 1 aromatic rings. The van der Waals surface area contributed by atoms with E-state index in [0.717, 1.165) is 24.9 Å². The van der Waals surface area contributed by atoms with E-state index in [-0.39, 0.29) is 0 Å². The van der Waals surface area contributed by atoms with Crippen molar-refractivity contribution in [2.24, 2.45) is 0 Å². The summed E-state index contributed by atoms with van der Waals surface area (Å²) in [6.45, 7) is 3.44. The zero-order valence-electron chi connectivity index (χ0n) is 8.31. The van der Waals surface area contributed by atoms with Crippen LogP contribution in [0.1, 0.15) is 18.9 Å². The second-order valence-electron chi connectivity index (χ2n) is 3.00. The van der Waals surface area contributed by atoms with Crippen molar-refractivity contribution >= 4 is 6.41 Å². The van der Waals surface area contributed by atoms with E-state index in [1.54, 1.807) is 17.4 Å². The van der Waals surface area contributed by atoms with Crippen molar-refractivity contribution in [1.29, 1.82) is 0 Å². The molecule has 0 aromatic carbocycles. The maximum absolute atomic E-state index is 10.7. The van der Waals surface area contributed by atoms with Crippen LogP contribution in [0.5, 0.6) is 0 Å². The number of hydrazine groups is 1. The van der Waals surface area contributed by atoms with Crippen molar-refractivity contribution in [2.45, 2.75) is 19.9 Å². The molecular weight excluding hydrogens is 178 g/mol. The van der Waals surface area contributed by atoms with Gasteiger partial charge in [-0.2, -0.15) is 0 Å². The highest BCUT2D eigenvalue weighted by molar-refractivity contribution is 5.46. The van der Waals surface area contributed by atoms with E-state index < -0.39 is 0 Å². The van der Waals surface area contributed by atoms with Crippen molar-refractivity contribution in [3.63, 3.8) is 0 Å². The molecule has 4 heteroatoms. The van der Waals surface area contributed by atoms with Crippen LogP contribution in [0.2, 0.25) is 0 Å². The molecule has 0 saturated carbocycles. The Morgan fingerprint density at radius 3 is 2.79 bits per heavy atom. The van der Waals surface area contributed by atoms with E-state index in [1.807, 2.05) is 12.1 Å². The topological polar surface area (TPSA) is 45.2 Å².